The molecule has 0 unspecified atom stereocenters. The predicted octanol–water partition coefficient (Wildman–Crippen LogP) is 4.44. The Labute approximate surface area is 142 Å². The van der Waals surface area contributed by atoms with Gasteiger partial charge < -0.3 is 10.1 Å². The van der Waals surface area contributed by atoms with Crippen molar-refractivity contribution in [1.82, 2.24) is 9.97 Å². The molecule has 1 saturated carbocycles. The van der Waals surface area contributed by atoms with Gasteiger partial charge in [-0.25, -0.2) is 4.98 Å². The van der Waals surface area contributed by atoms with Gasteiger partial charge in [0.05, 0.1) is 5.56 Å². The average Bonchev–Trinajstić information content (AvgIpc) is 2.57. The molecule has 1 heterocycles. The fourth-order valence-corrected chi connectivity index (χ4v) is 3.00. The SMILES string of the molecule is Cc1cc(Oc2ccccc2C#N)nc(NC2CCC(C)CC2)n1. The maximum absolute atomic E-state index is 9.17. The van der Waals surface area contributed by atoms with E-state index < -0.39 is 0 Å². The van der Waals surface area contributed by atoms with Crippen LogP contribution in [0.15, 0.2) is 30.3 Å². The molecule has 0 amide bonds. The molecule has 1 aromatic carbocycles. The minimum absolute atomic E-state index is 0.419. The fraction of sp³-hybridized carbons (Fsp3) is 0.421. The minimum atomic E-state index is 0.419. The fourth-order valence-electron chi connectivity index (χ4n) is 3.00. The molecule has 2 aromatic rings. The third-order valence-electron chi connectivity index (χ3n) is 4.40. The van der Waals surface area contributed by atoms with Crippen molar-refractivity contribution < 1.29 is 4.74 Å². The van der Waals surface area contributed by atoms with Crippen LogP contribution in [0.2, 0.25) is 0 Å². The lowest BCUT2D eigenvalue weighted by atomic mass is 9.87. The molecular formula is C19H22N4O. The largest absolute Gasteiger partial charge is 0.437 e. The molecular weight excluding hydrogens is 300 g/mol. The molecule has 5 nitrogen and oxygen atoms in total. The zero-order valence-electron chi connectivity index (χ0n) is 14.1. The highest BCUT2D eigenvalue weighted by Gasteiger charge is 2.19. The summed E-state index contributed by atoms with van der Waals surface area (Å²) in [5.74, 6) is 2.37. The average molecular weight is 322 g/mol. The van der Waals surface area contributed by atoms with Crippen molar-refractivity contribution in [3.63, 3.8) is 0 Å². The second-order valence-corrected chi connectivity index (χ2v) is 6.48. The van der Waals surface area contributed by atoms with Gasteiger partial charge in [0, 0.05) is 17.8 Å². The molecule has 1 aliphatic carbocycles. The summed E-state index contributed by atoms with van der Waals surface area (Å²) in [6.07, 6.45) is 4.77. The zero-order valence-corrected chi connectivity index (χ0v) is 14.1. The lowest BCUT2D eigenvalue weighted by molar-refractivity contribution is 0.360. The Morgan fingerprint density at radius 3 is 2.67 bits per heavy atom. The molecule has 0 radical (unpaired) electrons. The van der Waals surface area contributed by atoms with Crippen LogP contribution in [0.5, 0.6) is 11.6 Å². The maximum atomic E-state index is 9.17. The van der Waals surface area contributed by atoms with E-state index in [4.69, 9.17) is 10.00 Å². The second-order valence-electron chi connectivity index (χ2n) is 6.48. The van der Waals surface area contributed by atoms with Gasteiger partial charge in [-0.2, -0.15) is 10.2 Å². The first kappa shape index (κ1) is 16.3. The van der Waals surface area contributed by atoms with E-state index in [9.17, 15) is 0 Å². The highest BCUT2D eigenvalue weighted by molar-refractivity contribution is 5.44. The van der Waals surface area contributed by atoms with Crippen LogP contribution in [-0.2, 0) is 0 Å². The molecule has 124 valence electrons. The number of ether oxygens (including phenoxy) is 1. The molecule has 0 saturated heterocycles. The number of aromatic nitrogens is 2. The number of benzene rings is 1. The third kappa shape index (κ3) is 4.02. The van der Waals surface area contributed by atoms with E-state index >= 15 is 0 Å². The molecule has 1 aliphatic rings. The number of aryl methyl sites for hydroxylation is 1. The van der Waals surface area contributed by atoms with E-state index in [1.165, 1.54) is 12.8 Å². The molecule has 1 aromatic heterocycles. The van der Waals surface area contributed by atoms with E-state index in [1.807, 2.05) is 19.1 Å². The van der Waals surface area contributed by atoms with Crippen molar-refractivity contribution >= 4 is 5.95 Å². The second kappa shape index (κ2) is 7.31. The van der Waals surface area contributed by atoms with E-state index in [2.05, 4.69) is 28.3 Å². The Balaban J connectivity index is 1.75. The van der Waals surface area contributed by atoms with Gasteiger partial charge in [0.1, 0.15) is 11.8 Å². The first-order chi connectivity index (χ1) is 11.6. The quantitative estimate of drug-likeness (QED) is 0.901. The van der Waals surface area contributed by atoms with E-state index in [0.29, 0.717) is 29.2 Å². The highest BCUT2D eigenvalue weighted by atomic mass is 16.5. The summed E-state index contributed by atoms with van der Waals surface area (Å²) in [6, 6.07) is 11.5. The van der Waals surface area contributed by atoms with E-state index in [1.54, 1.807) is 18.2 Å². The Bertz CT molecular complexity index is 745. The summed E-state index contributed by atoms with van der Waals surface area (Å²) in [4.78, 5) is 8.93. The van der Waals surface area contributed by atoms with Crippen LogP contribution in [0.4, 0.5) is 5.95 Å². The zero-order chi connectivity index (χ0) is 16.9. The molecule has 0 atom stereocenters. The summed E-state index contributed by atoms with van der Waals surface area (Å²) in [7, 11) is 0. The molecule has 0 bridgehead atoms. The van der Waals surface area contributed by atoms with Crippen molar-refractivity contribution in [1.29, 1.82) is 5.26 Å². The van der Waals surface area contributed by atoms with Crippen LogP contribution in [0, 0.1) is 24.2 Å². The number of hydrogen-bond donors (Lipinski definition) is 1. The van der Waals surface area contributed by atoms with Gasteiger partial charge in [-0.3, -0.25) is 0 Å². The van der Waals surface area contributed by atoms with Crippen molar-refractivity contribution in [3.8, 4) is 17.7 Å². The van der Waals surface area contributed by atoms with Gasteiger partial charge >= 0.3 is 0 Å². The van der Waals surface area contributed by atoms with Crippen LogP contribution in [0.3, 0.4) is 0 Å². The maximum Gasteiger partial charge on any atom is 0.226 e. The summed E-state index contributed by atoms with van der Waals surface area (Å²) in [6.45, 7) is 4.22. The van der Waals surface area contributed by atoms with Gasteiger partial charge in [0.15, 0.2) is 0 Å². The van der Waals surface area contributed by atoms with Crippen LogP contribution in [0.1, 0.15) is 43.9 Å². The van der Waals surface area contributed by atoms with Crippen molar-refractivity contribution in [3.05, 3.63) is 41.6 Å². The molecule has 0 aliphatic heterocycles. The summed E-state index contributed by atoms with van der Waals surface area (Å²) in [5, 5.41) is 12.6. The first-order valence-electron chi connectivity index (χ1n) is 8.43. The summed E-state index contributed by atoms with van der Waals surface area (Å²) >= 11 is 0. The van der Waals surface area contributed by atoms with E-state index in [0.717, 1.165) is 24.5 Å². The number of hydrogen-bond acceptors (Lipinski definition) is 5. The lowest BCUT2D eigenvalue weighted by Gasteiger charge is -2.27. The molecule has 0 spiro atoms. The van der Waals surface area contributed by atoms with Crippen molar-refractivity contribution in [2.75, 3.05) is 5.32 Å². The standard InChI is InChI=1S/C19H22N4O/c1-13-7-9-16(10-8-13)22-19-21-14(2)11-18(23-19)24-17-6-4-3-5-15(17)12-20/h3-6,11,13,16H,7-10H2,1-2H3,(H,21,22,23). The van der Waals surface area contributed by atoms with Gasteiger partial charge in [0.25, 0.3) is 0 Å². The highest BCUT2D eigenvalue weighted by Crippen LogP contribution is 2.27. The number of nitrogens with zero attached hydrogens (tertiary/aromatic N) is 3. The number of rotatable bonds is 4. The van der Waals surface area contributed by atoms with Crippen LogP contribution in [0.25, 0.3) is 0 Å². The molecule has 5 heteroatoms. The van der Waals surface area contributed by atoms with Gasteiger partial charge in [-0.05, 0) is 50.7 Å². The van der Waals surface area contributed by atoms with Gasteiger partial charge in [-0.1, -0.05) is 19.1 Å². The smallest absolute Gasteiger partial charge is 0.226 e. The monoisotopic (exact) mass is 322 g/mol. The molecule has 24 heavy (non-hydrogen) atoms. The van der Waals surface area contributed by atoms with Crippen LogP contribution < -0.4 is 10.1 Å². The Kier molecular flexibility index (Phi) is 4.95. The number of anilines is 1. The lowest BCUT2D eigenvalue weighted by Crippen LogP contribution is -2.26. The number of nitrogens with one attached hydrogen (secondary N) is 1. The predicted molar refractivity (Wildman–Crippen MR) is 93.0 cm³/mol. The minimum Gasteiger partial charge on any atom is -0.437 e. The van der Waals surface area contributed by atoms with Gasteiger partial charge in [0.2, 0.25) is 11.8 Å². The van der Waals surface area contributed by atoms with Gasteiger partial charge in [-0.15, -0.1) is 0 Å². The normalized spacial score (nSPS) is 20.2. The van der Waals surface area contributed by atoms with Crippen molar-refractivity contribution in [2.45, 2.75) is 45.6 Å². The molecule has 1 fully saturated rings. The Morgan fingerprint density at radius 1 is 1.17 bits per heavy atom. The first-order valence-corrected chi connectivity index (χ1v) is 8.43. The number of para-hydroxylation sites is 1. The van der Waals surface area contributed by atoms with Crippen molar-refractivity contribution in [2.24, 2.45) is 5.92 Å². The van der Waals surface area contributed by atoms with Crippen LogP contribution >= 0.6 is 0 Å². The summed E-state index contributed by atoms with van der Waals surface area (Å²) in [5.41, 5.74) is 1.32. The third-order valence-corrected chi connectivity index (χ3v) is 4.40. The Hall–Kier alpha value is -2.61. The summed E-state index contributed by atoms with van der Waals surface area (Å²) < 4.78 is 5.81. The van der Waals surface area contributed by atoms with Crippen LogP contribution in [-0.4, -0.2) is 16.0 Å². The molecule has 1 N–H and O–H groups in total. The molecule has 3 rings (SSSR count). The number of nitriles is 1. The van der Waals surface area contributed by atoms with E-state index in [-0.39, 0.29) is 0 Å². The topological polar surface area (TPSA) is 70.8 Å². The Morgan fingerprint density at radius 2 is 1.92 bits per heavy atom.